The fourth-order valence-electron chi connectivity index (χ4n) is 1.37. The molecule has 0 radical (unpaired) electrons. The molecule has 0 fully saturated rings. The van der Waals surface area contributed by atoms with Gasteiger partial charge in [0, 0.05) is 0 Å². The van der Waals surface area contributed by atoms with E-state index in [1.165, 1.54) is 6.26 Å². The Kier molecular flexibility index (Phi) is 3.82. The molecule has 0 bridgehead atoms. The third kappa shape index (κ3) is 3.01. The van der Waals surface area contributed by atoms with E-state index in [9.17, 15) is 4.79 Å². The molecule has 0 spiro atoms. The second-order valence-electron chi connectivity index (χ2n) is 3.59. The normalized spacial score (nSPS) is 13.6. The van der Waals surface area contributed by atoms with Crippen LogP contribution in [0.25, 0.3) is 0 Å². The van der Waals surface area contributed by atoms with Gasteiger partial charge in [-0.1, -0.05) is 12.1 Å². The standard InChI is InChI=1S/C13H11NO4/c14-7-10-1-3-11(4-2-10)8-18-13(15)12-9-16-5-6-17-12/h1-4,9H,5-6,8H2. The third-order valence-electron chi connectivity index (χ3n) is 2.30. The average Bonchev–Trinajstić information content (AvgIpc) is 2.46. The van der Waals surface area contributed by atoms with Crippen molar-refractivity contribution in [1.82, 2.24) is 0 Å². The Morgan fingerprint density at radius 1 is 1.33 bits per heavy atom. The molecular weight excluding hydrogens is 234 g/mol. The van der Waals surface area contributed by atoms with Crippen LogP contribution in [0.2, 0.25) is 0 Å². The molecule has 0 aliphatic carbocycles. The first-order valence-corrected chi connectivity index (χ1v) is 5.40. The maximum absolute atomic E-state index is 11.5. The van der Waals surface area contributed by atoms with Crippen LogP contribution in [0.3, 0.4) is 0 Å². The lowest BCUT2D eigenvalue weighted by Crippen LogP contribution is -2.17. The first-order valence-electron chi connectivity index (χ1n) is 5.40. The molecule has 0 saturated carbocycles. The number of nitrogens with zero attached hydrogens (tertiary/aromatic N) is 1. The second kappa shape index (κ2) is 5.73. The predicted octanol–water partition coefficient (Wildman–Crippen LogP) is 1.49. The van der Waals surface area contributed by atoms with Crippen LogP contribution in [-0.2, 0) is 25.6 Å². The van der Waals surface area contributed by atoms with Crippen molar-refractivity contribution in [3.05, 3.63) is 47.4 Å². The number of ether oxygens (including phenoxy) is 3. The largest absolute Gasteiger partial charge is 0.493 e. The molecule has 5 nitrogen and oxygen atoms in total. The highest BCUT2D eigenvalue weighted by atomic mass is 16.6. The summed E-state index contributed by atoms with van der Waals surface area (Å²) < 4.78 is 15.1. The number of hydrogen-bond acceptors (Lipinski definition) is 5. The molecule has 1 heterocycles. The molecule has 92 valence electrons. The van der Waals surface area contributed by atoms with Gasteiger partial charge in [0.1, 0.15) is 26.1 Å². The van der Waals surface area contributed by atoms with Crippen molar-refractivity contribution in [3.8, 4) is 6.07 Å². The van der Waals surface area contributed by atoms with Crippen LogP contribution in [-0.4, -0.2) is 19.2 Å². The van der Waals surface area contributed by atoms with Gasteiger partial charge in [-0.3, -0.25) is 0 Å². The van der Waals surface area contributed by atoms with E-state index in [-0.39, 0.29) is 12.4 Å². The van der Waals surface area contributed by atoms with Gasteiger partial charge >= 0.3 is 5.97 Å². The van der Waals surface area contributed by atoms with Gasteiger partial charge in [0.05, 0.1) is 11.6 Å². The van der Waals surface area contributed by atoms with Crippen molar-refractivity contribution in [2.24, 2.45) is 0 Å². The third-order valence-corrected chi connectivity index (χ3v) is 2.30. The summed E-state index contributed by atoms with van der Waals surface area (Å²) >= 11 is 0. The monoisotopic (exact) mass is 245 g/mol. The molecule has 0 aromatic heterocycles. The highest BCUT2D eigenvalue weighted by molar-refractivity contribution is 5.86. The summed E-state index contributed by atoms with van der Waals surface area (Å²) in [7, 11) is 0. The van der Waals surface area contributed by atoms with E-state index in [0.717, 1.165) is 5.56 Å². The van der Waals surface area contributed by atoms with Crippen molar-refractivity contribution >= 4 is 5.97 Å². The molecule has 0 unspecified atom stereocenters. The lowest BCUT2D eigenvalue weighted by Gasteiger charge is -2.14. The molecule has 2 rings (SSSR count). The summed E-state index contributed by atoms with van der Waals surface area (Å²) in [6.45, 7) is 0.912. The van der Waals surface area contributed by atoms with Crippen LogP contribution in [0, 0.1) is 11.3 Å². The average molecular weight is 245 g/mol. The van der Waals surface area contributed by atoms with Crippen LogP contribution < -0.4 is 0 Å². The van der Waals surface area contributed by atoms with Gasteiger partial charge in [0.25, 0.3) is 0 Å². The molecule has 1 aromatic carbocycles. The van der Waals surface area contributed by atoms with Crippen LogP contribution in [0.1, 0.15) is 11.1 Å². The van der Waals surface area contributed by atoms with E-state index in [0.29, 0.717) is 18.8 Å². The minimum Gasteiger partial charge on any atom is -0.493 e. The van der Waals surface area contributed by atoms with Gasteiger partial charge in [-0.25, -0.2) is 4.79 Å². The van der Waals surface area contributed by atoms with Gasteiger partial charge in [-0.05, 0) is 17.7 Å². The number of carbonyl (C=O) groups excluding carboxylic acids is 1. The Morgan fingerprint density at radius 2 is 2.11 bits per heavy atom. The summed E-state index contributed by atoms with van der Waals surface area (Å²) in [5, 5.41) is 8.64. The van der Waals surface area contributed by atoms with Gasteiger partial charge in [-0.15, -0.1) is 0 Å². The Balaban J connectivity index is 1.89. The smallest absolute Gasteiger partial charge is 0.377 e. The van der Waals surface area contributed by atoms with Crippen molar-refractivity contribution in [3.63, 3.8) is 0 Å². The maximum Gasteiger partial charge on any atom is 0.377 e. The van der Waals surface area contributed by atoms with E-state index >= 15 is 0 Å². The Bertz CT molecular complexity index is 499. The molecule has 5 heteroatoms. The second-order valence-corrected chi connectivity index (χ2v) is 3.59. The summed E-state index contributed by atoms with van der Waals surface area (Å²) in [5.74, 6) is -0.478. The zero-order valence-electron chi connectivity index (χ0n) is 9.59. The lowest BCUT2D eigenvalue weighted by molar-refractivity contribution is -0.145. The fraction of sp³-hybridized carbons (Fsp3) is 0.231. The van der Waals surface area contributed by atoms with Gasteiger partial charge < -0.3 is 14.2 Å². The minimum atomic E-state index is -0.556. The number of carbonyl (C=O) groups is 1. The Morgan fingerprint density at radius 3 is 2.72 bits per heavy atom. The summed E-state index contributed by atoms with van der Waals surface area (Å²) in [4.78, 5) is 11.5. The van der Waals surface area contributed by atoms with Crippen LogP contribution in [0.4, 0.5) is 0 Å². The number of nitriles is 1. The predicted molar refractivity (Wildman–Crippen MR) is 60.9 cm³/mol. The number of hydrogen-bond donors (Lipinski definition) is 0. The first-order chi connectivity index (χ1) is 8.79. The molecule has 1 aliphatic heterocycles. The van der Waals surface area contributed by atoms with Gasteiger partial charge in [-0.2, -0.15) is 5.26 Å². The molecule has 0 saturated heterocycles. The van der Waals surface area contributed by atoms with E-state index < -0.39 is 5.97 Å². The number of esters is 1. The molecule has 0 amide bonds. The quantitative estimate of drug-likeness (QED) is 0.754. The zero-order valence-corrected chi connectivity index (χ0v) is 9.59. The molecule has 18 heavy (non-hydrogen) atoms. The van der Waals surface area contributed by atoms with Crippen molar-refractivity contribution in [1.29, 1.82) is 5.26 Å². The Labute approximate surface area is 104 Å². The highest BCUT2D eigenvalue weighted by Gasteiger charge is 2.16. The molecule has 1 aliphatic rings. The fourth-order valence-corrected chi connectivity index (χ4v) is 1.37. The Hall–Kier alpha value is -2.48. The highest BCUT2D eigenvalue weighted by Crippen LogP contribution is 2.09. The minimum absolute atomic E-state index is 0.0786. The SMILES string of the molecule is N#Cc1ccc(COC(=O)C2=COCCO2)cc1. The van der Waals surface area contributed by atoms with Gasteiger partial charge in [0.15, 0.2) is 0 Å². The first kappa shape index (κ1) is 12.0. The molecule has 0 N–H and O–H groups in total. The van der Waals surface area contributed by atoms with Crippen LogP contribution in [0.5, 0.6) is 0 Å². The zero-order chi connectivity index (χ0) is 12.8. The summed E-state index contributed by atoms with van der Waals surface area (Å²) in [5.41, 5.74) is 1.37. The van der Waals surface area contributed by atoms with Crippen LogP contribution in [0.15, 0.2) is 36.3 Å². The summed E-state index contributed by atoms with van der Waals surface area (Å²) in [6.07, 6.45) is 1.25. The van der Waals surface area contributed by atoms with Crippen molar-refractivity contribution in [2.45, 2.75) is 6.61 Å². The van der Waals surface area contributed by atoms with E-state index in [4.69, 9.17) is 19.5 Å². The van der Waals surface area contributed by atoms with E-state index in [2.05, 4.69) is 0 Å². The summed E-state index contributed by atoms with van der Waals surface area (Å²) in [6, 6.07) is 8.83. The topological polar surface area (TPSA) is 68.5 Å². The molecule has 1 aromatic rings. The lowest BCUT2D eigenvalue weighted by atomic mass is 10.2. The van der Waals surface area contributed by atoms with Crippen LogP contribution >= 0.6 is 0 Å². The maximum atomic E-state index is 11.5. The van der Waals surface area contributed by atoms with E-state index in [1.54, 1.807) is 24.3 Å². The van der Waals surface area contributed by atoms with Crippen molar-refractivity contribution in [2.75, 3.05) is 13.2 Å². The number of benzene rings is 1. The van der Waals surface area contributed by atoms with Crippen molar-refractivity contribution < 1.29 is 19.0 Å². The molecule has 0 atom stereocenters. The molecular formula is C13H11NO4. The van der Waals surface area contributed by atoms with E-state index in [1.807, 2.05) is 6.07 Å². The number of rotatable bonds is 3. The van der Waals surface area contributed by atoms with Gasteiger partial charge in [0.2, 0.25) is 5.76 Å².